The molecule has 1 aromatic heterocycles. The van der Waals surface area contributed by atoms with Gasteiger partial charge in [-0.1, -0.05) is 18.2 Å². The van der Waals surface area contributed by atoms with Crippen LogP contribution in [0.2, 0.25) is 0 Å². The van der Waals surface area contributed by atoms with Crippen LogP contribution < -0.4 is 0 Å². The Balaban J connectivity index is 2.21. The lowest BCUT2D eigenvalue weighted by Crippen LogP contribution is -1.84. The molecule has 0 unspecified atom stereocenters. The van der Waals surface area contributed by atoms with E-state index in [1.54, 1.807) is 0 Å². The van der Waals surface area contributed by atoms with Crippen molar-refractivity contribution in [3.05, 3.63) is 42.1 Å². The van der Waals surface area contributed by atoms with E-state index in [9.17, 15) is 0 Å². The van der Waals surface area contributed by atoms with Crippen LogP contribution in [0.5, 0.6) is 0 Å². The second-order valence-corrected chi connectivity index (χ2v) is 3.28. The van der Waals surface area contributed by atoms with Crippen molar-refractivity contribution in [2.75, 3.05) is 6.61 Å². The van der Waals surface area contributed by atoms with Gasteiger partial charge < -0.3 is 4.74 Å². The van der Waals surface area contributed by atoms with Crippen LogP contribution in [0.3, 0.4) is 0 Å². The zero-order chi connectivity index (χ0) is 8.67. The number of ether oxygens (including phenoxy) is 1. The lowest BCUT2D eigenvalue weighted by molar-refractivity contribution is 0.415. The summed E-state index contributed by atoms with van der Waals surface area (Å²) in [4.78, 5) is 4.36. The minimum Gasteiger partial charge on any atom is -0.368 e. The Labute approximate surface area is 76.2 Å². The molecule has 1 aliphatic rings. The number of fused-ring (bicyclic) bond motifs is 1. The number of rotatable bonds is 1. The van der Waals surface area contributed by atoms with Gasteiger partial charge in [0.25, 0.3) is 0 Å². The first-order chi connectivity index (χ1) is 6.43. The van der Waals surface area contributed by atoms with Gasteiger partial charge in [-0.25, -0.2) is 0 Å². The zero-order valence-electron chi connectivity index (χ0n) is 7.10. The van der Waals surface area contributed by atoms with Crippen LogP contribution >= 0.6 is 0 Å². The normalized spacial score (nSPS) is 20.5. The van der Waals surface area contributed by atoms with E-state index in [1.807, 2.05) is 24.4 Å². The molecule has 2 aromatic rings. The molecular weight excluding hydrogens is 162 g/mol. The van der Waals surface area contributed by atoms with E-state index >= 15 is 0 Å². The Morgan fingerprint density at radius 2 is 2.15 bits per heavy atom. The van der Waals surface area contributed by atoms with Crippen LogP contribution in [-0.2, 0) is 4.74 Å². The summed E-state index contributed by atoms with van der Waals surface area (Å²) < 4.78 is 5.20. The maximum Gasteiger partial charge on any atom is 0.107 e. The molecular formula is C11H9NO. The molecule has 2 nitrogen and oxygen atoms in total. The number of epoxide rings is 1. The highest BCUT2D eigenvalue weighted by molar-refractivity contribution is 5.78. The van der Waals surface area contributed by atoms with Crippen LogP contribution in [0.15, 0.2) is 36.5 Å². The van der Waals surface area contributed by atoms with Crippen molar-refractivity contribution in [3.8, 4) is 0 Å². The van der Waals surface area contributed by atoms with Crippen molar-refractivity contribution in [1.29, 1.82) is 0 Å². The zero-order valence-corrected chi connectivity index (χ0v) is 7.10. The smallest absolute Gasteiger partial charge is 0.107 e. The van der Waals surface area contributed by atoms with E-state index in [4.69, 9.17) is 4.74 Å². The molecule has 1 aliphatic heterocycles. The molecule has 2 heteroatoms. The molecule has 0 aliphatic carbocycles. The molecule has 1 fully saturated rings. The topological polar surface area (TPSA) is 25.4 Å². The summed E-state index contributed by atoms with van der Waals surface area (Å²) in [6.07, 6.45) is 2.21. The number of pyridine rings is 1. The fraction of sp³-hybridized carbons (Fsp3) is 0.182. The van der Waals surface area contributed by atoms with Gasteiger partial charge in [-0.05, 0) is 12.1 Å². The Morgan fingerprint density at radius 3 is 3.00 bits per heavy atom. The third-order valence-corrected chi connectivity index (χ3v) is 2.32. The molecule has 0 saturated carbocycles. The fourth-order valence-electron chi connectivity index (χ4n) is 1.50. The van der Waals surface area contributed by atoms with Crippen molar-refractivity contribution in [3.63, 3.8) is 0 Å². The van der Waals surface area contributed by atoms with E-state index in [-0.39, 0.29) is 0 Å². The first-order valence-corrected chi connectivity index (χ1v) is 4.40. The van der Waals surface area contributed by atoms with Crippen LogP contribution in [0.1, 0.15) is 11.7 Å². The predicted octanol–water partition coefficient (Wildman–Crippen LogP) is 2.31. The van der Waals surface area contributed by atoms with Crippen LogP contribution in [-0.4, -0.2) is 11.6 Å². The maximum absolute atomic E-state index is 5.20. The van der Waals surface area contributed by atoms with Crippen molar-refractivity contribution < 1.29 is 4.74 Å². The van der Waals surface area contributed by atoms with Gasteiger partial charge in [-0.2, -0.15) is 0 Å². The number of benzene rings is 1. The minimum atomic E-state index is 0.303. The summed E-state index contributed by atoms with van der Waals surface area (Å²) in [6, 6.07) is 10.3. The molecule has 1 aromatic carbocycles. The molecule has 0 bridgehead atoms. The fourth-order valence-corrected chi connectivity index (χ4v) is 1.50. The second-order valence-electron chi connectivity index (χ2n) is 3.28. The number of hydrogen-bond donors (Lipinski definition) is 0. The largest absolute Gasteiger partial charge is 0.368 e. The van der Waals surface area contributed by atoms with Crippen LogP contribution in [0, 0.1) is 0 Å². The first kappa shape index (κ1) is 7.04. The predicted molar refractivity (Wildman–Crippen MR) is 50.4 cm³/mol. The molecule has 0 N–H and O–H groups in total. The molecule has 0 amide bonds. The summed E-state index contributed by atoms with van der Waals surface area (Å²) in [5.41, 5.74) is 2.24. The van der Waals surface area contributed by atoms with E-state index in [1.165, 1.54) is 10.9 Å². The average Bonchev–Trinajstić information content (AvgIpc) is 3.00. The molecule has 2 heterocycles. The summed E-state index contributed by atoms with van der Waals surface area (Å²) in [7, 11) is 0. The standard InChI is InChI=1S/C11H9NO/c1-2-4-10-8(3-1)5-9(6-12-10)11-7-13-11/h1-6,11H,7H2/t11-/m1/s1. The van der Waals surface area contributed by atoms with Crippen LogP contribution in [0.4, 0.5) is 0 Å². The van der Waals surface area contributed by atoms with E-state index < -0.39 is 0 Å². The number of para-hydroxylation sites is 1. The highest BCUT2D eigenvalue weighted by Gasteiger charge is 2.24. The molecule has 64 valence electrons. The monoisotopic (exact) mass is 171 g/mol. The first-order valence-electron chi connectivity index (χ1n) is 4.40. The van der Waals surface area contributed by atoms with Crippen molar-refractivity contribution >= 4 is 10.9 Å². The van der Waals surface area contributed by atoms with Crippen LogP contribution in [0.25, 0.3) is 10.9 Å². The SMILES string of the molecule is c1ccc2ncc([C@H]3CO3)cc2c1. The van der Waals surface area contributed by atoms with E-state index in [0.717, 1.165) is 12.1 Å². The number of hydrogen-bond acceptors (Lipinski definition) is 2. The molecule has 0 radical (unpaired) electrons. The number of aromatic nitrogens is 1. The molecule has 13 heavy (non-hydrogen) atoms. The maximum atomic E-state index is 5.20. The third-order valence-electron chi connectivity index (χ3n) is 2.32. The van der Waals surface area contributed by atoms with Gasteiger partial charge in [0, 0.05) is 17.1 Å². The lowest BCUT2D eigenvalue weighted by Gasteiger charge is -1.98. The third kappa shape index (κ3) is 1.19. The Morgan fingerprint density at radius 1 is 1.31 bits per heavy atom. The minimum absolute atomic E-state index is 0.303. The Bertz CT molecular complexity index is 449. The Kier molecular flexibility index (Phi) is 1.37. The molecule has 1 saturated heterocycles. The second kappa shape index (κ2) is 2.54. The number of nitrogens with zero attached hydrogens (tertiary/aromatic N) is 1. The van der Waals surface area contributed by atoms with E-state index in [0.29, 0.717) is 6.10 Å². The van der Waals surface area contributed by atoms with Gasteiger partial charge in [0.1, 0.15) is 6.10 Å². The quantitative estimate of drug-likeness (QED) is 0.615. The van der Waals surface area contributed by atoms with E-state index in [2.05, 4.69) is 17.1 Å². The summed E-state index contributed by atoms with van der Waals surface area (Å²) in [5.74, 6) is 0. The van der Waals surface area contributed by atoms with Gasteiger partial charge in [0.2, 0.25) is 0 Å². The summed E-state index contributed by atoms with van der Waals surface area (Å²) in [6.45, 7) is 0.847. The van der Waals surface area contributed by atoms with Crippen molar-refractivity contribution in [2.24, 2.45) is 0 Å². The molecule has 0 spiro atoms. The van der Waals surface area contributed by atoms with Gasteiger partial charge in [0.05, 0.1) is 12.1 Å². The summed E-state index contributed by atoms with van der Waals surface area (Å²) >= 11 is 0. The average molecular weight is 171 g/mol. The van der Waals surface area contributed by atoms with Gasteiger partial charge >= 0.3 is 0 Å². The van der Waals surface area contributed by atoms with Crippen molar-refractivity contribution in [1.82, 2.24) is 4.98 Å². The summed E-state index contributed by atoms with van der Waals surface area (Å²) in [5, 5.41) is 1.19. The highest BCUT2D eigenvalue weighted by Crippen LogP contribution is 2.30. The van der Waals surface area contributed by atoms with Gasteiger partial charge in [-0.3, -0.25) is 4.98 Å². The molecule has 3 rings (SSSR count). The highest BCUT2D eigenvalue weighted by atomic mass is 16.6. The molecule has 1 atom stereocenters. The van der Waals surface area contributed by atoms with Gasteiger partial charge in [-0.15, -0.1) is 0 Å². The van der Waals surface area contributed by atoms with Gasteiger partial charge in [0.15, 0.2) is 0 Å². The lowest BCUT2D eigenvalue weighted by atomic mass is 10.1. The van der Waals surface area contributed by atoms with Crippen molar-refractivity contribution in [2.45, 2.75) is 6.10 Å². The Hall–Kier alpha value is -1.41.